The molecule has 3 aromatic rings. The fraction of sp³-hybridized carbons (Fsp3) is 0.261. The van der Waals surface area contributed by atoms with Crippen LogP contribution in [0.4, 0.5) is 0 Å². The molecule has 2 aromatic carbocycles. The highest BCUT2D eigenvalue weighted by atomic mass is 16.5. The summed E-state index contributed by atoms with van der Waals surface area (Å²) in [5.74, 6) is 1.48. The van der Waals surface area contributed by atoms with Gasteiger partial charge in [-0.15, -0.1) is 0 Å². The van der Waals surface area contributed by atoms with Crippen molar-refractivity contribution < 1.29 is 13.9 Å². The van der Waals surface area contributed by atoms with E-state index in [1.807, 2.05) is 32.0 Å². The summed E-state index contributed by atoms with van der Waals surface area (Å²) in [5.41, 5.74) is 2.81. The normalized spacial score (nSPS) is 21.4. The van der Waals surface area contributed by atoms with Gasteiger partial charge in [0.25, 0.3) is 0 Å². The Kier molecular flexibility index (Phi) is 4.15. The van der Waals surface area contributed by atoms with E-state index in [1.165, 1.54) is 11.1 Å². The van der Waals surface area contributed by atoms with Crippen molar-refractivity contribution in [3.05, 3.63) is 94.9 Å². The van der Waals surface area contributed by atoms with E-state index < -0.39 is 0 Å². The first-order valence-electron chi connectivity index (χ1n) is 9.05. The molecule has 4 rings (SSSR count). The van der Waals surface area contributed by atoms with Crippen LogP contribution in [0.1, 0.15) is 52.3 Å². The summed E-state index contributed by atoms with van der Waals surface area (Å²) in [4.78, 5) is 12.2. The third-order valence-electron chi connectivity index (χ3n) is 5.30. The highest BCUT2D eigenvalue weighted by molar-refractivity contribution is 5.90. The lowest BCUT2D eigenvalue weighted by molar-refractivity contribution is 0.0524. The van der Waals surface area contributed by atoms with Gasteiger partial charge in [-0.2, -0.15) is 0 Å². The molecule has 1 aliphatic rings. The number of aryl methyl sites for hydroxylation is 1. The van der Waals surface area contributed by atoms with Gasteiger partial charge in [0.1, 0.15) is 17.1 Å². The summed E-state index contributed by atoms with van der Waals surface area (Å²) in [5, 5.41) is 0. The Labute approximate surface area is 153 Å². The number of furan rings is 1. The zero-order valence-electron chi connectivity index (χ0n) is 15.1. The summed E-state index contributed by atoms with van der Waals surface area (Å²) in [6.45, 7) is 4.00. The van der Waals surface area contributed by atoms with Crippen molar-refractivity contribution >= 4 is 5.97 Å². The molecule has 0 saturated heterocycles. The first-order valence-corrected chi connectivity index (χ1v) is 9.05. The highest BCUT2D eigenvalue weighted by Gasteiger charge is 2.59. The summed E-state index contributed by atoms with van der Waals surface area (Å²) >= 11 is 0. The van der Waals surface area contributed by atoms with E-state index in [9.17, 15) is 4.79 Å². The summed E-state index contributed by atoms with van der Waals surface area (Å²) in [7, 11) is 0. The third-order valence-corrected chi connectivity index (χ3v) is 5.30. The predicted octanol–water partition coefficient (Wildman–Crippen LogP) is 5.24. The number of benzene rings is 2. The molecule has 1 unspecified atom stereocenters. The lowest BCUT2D eigenvalue weighted by Gasteiger charge is -2.16. The van der Waals surface area contributed by atoms with Gasteiger partial charge < -0.3 is 9.15 Å². The quantitative estimate of drug-likeness (QED) is 0.593. The Morgan fingerprint density at radius 2 is 1.77 bits per heavy atom. The zero-order chi connectivity index (χ0) is 18.1. The van der Waals surface area contributed by atoms with Crippen molar-refractivity contribution in [2.45, 2.75) is 31.6 Å². The van der Waals surface area contributed by atoms with Crippen molar-refractivity contribution in [1.29, 1.82) is 0 Å². The van der Waals surface area contributed by atoms with Crippen molar-refractivity contribution in [3.63, 3.8) is 0 Å². The second kappa shape index (κ2) is 6.49. The monoisotopic (exact) mass is 346 g/mol. The smallest absolute Gasteiger partial charge is 0.341 e. The first-order chi connectivity index (χ1) is 12.7. The molecule has 26 heavy (non-hydrogen) atoms. The molecule has 1 fully saturated rings. The molecule has 0 N–H and O–H groups in total. The number of ether oxygens (including phenoxy) is 1. The van der Waals surface area contributed by atoms with Crippen LogP contribution in [0.15, 0.2) is 71.1 Å². The van der Waals surface area contributed by atoms with Gasteiger partial charge in [0.2, 0.25) is 0 Å². The Morgan fingerprint density at radius 1 is 1.12 bits per heavy atom. The van der Waals surface area contributed by atoms with Crippen LogP contribution in [0.2, 0.25) is 0 Å². The molecule has 0 spiro atoms. The molecule has 0 amide bonds. The lowest BCUT2D eigenvalue weighted by atomic mass is 9.88. The minimum absolute atomic E-state index is 0.224. The average Bonchev–Trinajstić information content (AvgIpc) is 3.32. The van der Waals surface area contributed by atoms with Crippen LogP contribution in [0.5, 0.6) is 0 Å². The van der Waals surface area contributed by atoms with E-state index in [0.29, 0.717) is 23.8 Å². The minimum Gasteiger partial charge on any atom is -0.464 e. The van der Waals surface area contributed by atoms with Gasteiger partial charge in [0.05, 0.1) is 12.0 Å². The maximum absolute atomic E-state index is 12.2. The minimum atomic E-state index is -0.319. The molecule has 3 nitrogen and oxygen atoms in total. The van der Waals surface area contributed by atoms with Crippen molar-refractivity contribution in [1.82, 2.24) is 0 Å². The van der Waals surface area contributed by atoms with Crippen LogP contribution in [0, 0.1) is 6.92 Å². The van der Waals surface area contributed by atoms with Crippen LogP contribution in [0.3, 0.4) is 0 Å². The summed E-state index contributed by atoms with van der Waals surface area (Å²) < 4.78 is 11.3. The van der Waals surface area contributed by atoms with Gasteiger partial charge in [-0.25, -0.2) is 4.79 Å². The van der Waals surface area contributed by atoms with E-state index in [4.69, 9.17) is 9.15 Å². The number of hydrogen-bond donors (Lipinski definition) is 0. The molecule has 0 bridgehead atoms. The predicted molar refractivity (Wildman–Crippen MR) is 100 cm³/mol. The van der Waals surface area contributed by atoms with E-state index >= 15 is 0 Å². The molecular formula is C23H22O3. The summed E-state index contributed by atoms with van der Waals surface area (Å²) in [6, 6.07) is 22.8. The summed E-state index contributed by atoms with van der Waals surface area (Å²) in [6.07, 6.45) is 0.968. The Balaban J connectivity index is 1.79. The highest BCUT2D eigenvalue weighted by Crippen LogP contribution is 2.64. The molecule has 3 heteroatoms. The van der Waals surface area contributed by atoms with Gasteiger partial charge in [-0.05, 0) is 37.5 Å². The molecule has 1 heterocycles. The van der Waals surface area contributed by atoms with Crippen molar-refractivity contribution in [2.24, 2.45) is 0 Å². The van der Waals surface area contributed by atoms with Crippen LogP contribution < -0.4 is 0 Å². The largest absolute Gasteiger partial charge is 0.464 e. The molecule has 0 radical (unpaired) electrons. The van der Waals surface area contributed by atoms with Crippen LogP contribution in [0.25, 0.3) is 0 Å². The fourth-order valence-corrected chi connectivity index (χ4v) is 3.93. The van der Waals surface area contributed by atoms with E-state index in [2.05, 4.69) is 48.5 Å². The second-order valence-corrected chi connectivity index (χ2v) is 6.81. The Bertz CT molecular complexity index is 911. The first kappa shape index (κ1) is 16.6. The molecule has 1 saturated carbocycles. The van der Waals surface area contributed by atoms with Crippen LogP contribution >= 0.6 is 0 Å². The second-order valence-electron chi connectivity index (χ2n) is 6.81. The Morgan fingerprint density at radius 3 is 2.42 bits per heavy atom. The van der Waals surface area contributed by atoms with Gasteiger partial charge in [-0.1, -0.05) is 60.7 Å². The van der Waals surface area contributed by atoms with Crippen LogP contribution in [-0.4, -0.2) is 12.6 Å². The Hall–Kier alpha value is -2.81. The van der Waals surface area contributed by atoms with Gasteiger partial charge in [-0.3, -0.25) is 0 Å². The number of carbonyl (C=O) groups excluding carboxylic acids is 1. The number of hydrogen-bond acceptors (Lipinski definition) is 3. The maximum atomic E-state index is 12.2. The van der Waals surface area contributed by atoms with E-state index in [1.54, 1.807) is 0 Å². The lowest BCUT2D eigenvalue weighted by Crippen LogP contribution is -2.11. The molecule has 0 aliphatic heterocycles. The number of esters is 1. The van der Waals surface area contributed by atoms with Crippen molar-refractivity contribution in [3.8, 4) is 0 Å². The average molecular weight is 346 g/mol. The topological polar surface area (TPSA) is 39.4 Å². The van der Waals surface area contributed by atoms with Crippen molar-refractivity contribution in [2.75, 3.05) is 6.61 Å². The molecule has 1 aliphatic carbocycles. The number of rotatable bonds is 5. The van der Waals surface area contributed by atoms with Gasteiger partial charge in [0, 0.05) is 5.92 Å². The SMILES string of the molecule is CCOC(=O)c1cc([C@]2(c3ccccc3)CC2c2ccccc2)oc1C. The standard InChI is InChI=1S/C23H22O3/c1-3-25-22(24)19-14-21(26-16(19)2)23(18-12-8-5-9-13-18)15-20(23)17-10-6-4-7-11-17/h4-14,20H,3,15H2,1-2H3/t20?,23-/m0/s1. The molecule has 2 atom stereocenters. The maximum Gasteiger partial charge on any atom is 0.341 e. The molecular weight excluding hydrogens is 324 g/mol. The van der Waals surface area contributed by atoms with Gasteiger partial charge >= 0.3 is 5.97 Å². The number of carbonyl (C=O) groups is 1. The fourth-order valence-electron chi connectivity index (χ4n) is 3.93. The van der Waals surface area contributed by atoms with E-state index in [-0.39, 0.29) is 11.4 Å². The molecule has 132 valence electrons. The van der Waals surface area contributed by atoms with E-state index in [0.717, 1.165) is 12.2 Å². The van der Waals surface area contributed by atoms with Crippen LogP contribution in [-0.2, 0) is 10.2 Å². The zero-order valence-corrected chi connectivity index (χ0v) is 15.1. The third kappa shape index (κ3) is 2.64. The molecule has 1 aromatic heterocycles. The van der Waals surface area contributed by atoms with Gasteiger partial charge in [0.15, 0.2) is 0 Å².